The number of nitrogens with zero attached hydrogens (tertiary/aromatic N) is 2. The van der Waals surface area contributed by atoms with Crippen molar-refractivity contribution in [2.24, 2.45) is 0 Å². The van der Waals surface area contributed by atoms with Gasteiger partial charge in [-0.1, -0.05) is 30.3 Å². The van der Waals surface area contributed by atoms with Gasteiger partial charge in [-0.3, -0.25) is 4.79 Å². The van der Waals surface area contributed by atoms with Crippen LogP contribution < -0.4 is 0 Å². The van der Waals surface area contributed by atoms with Crippen LogP contribution in [0.25, 0.3) is 0 Å². The molecule has 0 aliphatic carbocycles. The van der Waals surface area contributed by atoms with E-state index in [1.807, 2.05) is 30.3 Å². The van der Waals surface area contributed by atoms with E-state index in [4.69, 9.17) is 4.74 Å². The van der Waals surface area contributed by atoms with Crippen LogP contribution in [-0.4, -0.2) is 62.6 Å². The zero-order chi connectivity index (χ0) is 16.2. The maximum absolute atomic E-state index is 12.6. The Hall–Kier alpha value is -1.44. The number of hydrogen-bond donors (Lipinski definition) is 0. The molecule has 1 aliphatic heterocycles. The third-order valence-corrected chi connectivity index (χ3v) is 5.75. The molecule has 1 aliphatic rings. The number of piperazine rings is 1. The molecule has 1 aromatic rings. The Kier molecular flexibility index (Phi) is 5.55. The predicted octanol–water partition coefficient (Wildman–Crippen LogP) is 0.868. The predicted molar refractivity (Wildman–Crippen MR) is 83.8 cm³/mol. The van der Waals surface area contributed by atoms with Crippen LogP contribution in [0.4, 0.5) is 0 Å². The molecule has 6 nitrogen and oxygen atoms in total. The van der Waals surface area contributed by atoms with Gasteiger partial charge in [-0.25, -0.2) is 8.42 Å². The number of ether oxygens (including phenoxy) is 1. The molecule has 1 amide bonds. The van der Waals surface area contributed by atoms with Gasteiger partial charge in [0.05, 0.1) is 5.75 Å². The second-order valence-corrected chi connectivity index (χ2v) is 7.41. The van der Waals surface area contributed by atoms with Crippen molar-refractivity contribution in [3.63, 3.8) is 0 Å². The third kappa shape index (κ3) is 3.66. The minimum Gasteiger partial charge on any atom is -0.367 e. The van der Waals surface area contributed by atoms with Crippen molar-refractivity contribution in [3.05, 3.63) is 35.9 Å². The first-order chi connectivity index (χ1) is 10.5. The first-order valence-corrected chi connectivity index (χ1v) is 8.95. The Morgan fingerprint density at radius 3 is 2.27 bits per heavy atom. The van der Waals surface area contributed by atoms with E-state index in [0.717, 1.165) is 5.56 Å². The number of rotatable bonds is 5. The summed E-state index contributed by atoms with van der Waals surface area (Å²) in [6.07, 6.45) is -0.643. The summed E-state index contributed by atoms with van der Waals surface area (Å²) in [5.41, 5.74) is 0.804. The molecular formula is C15H22N2O4S. The van der Waals surface area contributed by atoms with Gasteiger partial charge < -0.3 is 9.64 Å². The van der Waals surface area contributed by atoms with E-state index in [2.05, 4.69) is 0 Å². The van der Waals surface area contributed by atoms with E-state index < -0.39 is 16.1 Å². The van der Waals surface area contributed by atoms with Crippen molar-refractivity contribution in [3.8, 4) is 0 Å². The van der Waals surface area contributed by atoms with Gasteiger partial charge in [-0.05, 0) is 12.5 Å². The molecule has 2 rings (SSSR count). The first-order valence-electron chi connectivity index (χ1n) is 7.34. The zero-order valence-corrected chi connectivity index (χ0v) is 13.8. The molecular weight excluding hydrogens is 304 g/mol. The Labute approximate surface area is 131 Å². The molecule has 122 valence electrons. The summed E-state index contributed by atoms with van der Waals surface area (Å²) >= 11 is 0. The summed E-state index contributed by atoms with van der Waals surface area (Å²) in [5, 5.41) is 0. The van der Waals surface area contributed by atoms with Crippen LogP contribution >= 0.6 is 0 Å². The number of carbonyl (C=O) groups excluding carboxylic acids is 1. The summed E-state index contributed by atoms with van der Waals surface area (Å²) in [7, 11) is -1.68. The second-order valence-electron chi connectivity index (χ2n) is 5.15. The van der Waals surface area contributed by atoms with Crippen LogP contribution in [0.15, 0.2) is 30.3 Å². The van der Waals surface area contributed by atoms with Crippen molar-refractivity contribution in [1.82, 2.24) is 9.21 Å². The summed E-state index contributed by atoms with van der Waals surface area (Å²) in [5.74, 6) is -0.0340. The molecule has 1 saturated heterocycles. The highest BCUT2D eigenvalue weighted by Gasteiger charge is 2.31. The van der Waals surface area contributed by atoms with Gasteiger partial charge in [0.2, 0.25) is 10.0 Å². The molecule has 7 heteroatoms. The SMILES string of the molecule is CCS(=O)(=O)N1CCN(C(=O)[C@@H](OC)c2ccccc2)CC1. The maximum atomic E-state index is 12.6. The highest BCUT2D eigenvalue weighted by molar-refractivity contribution is 7.89. The van der Waals surface area contributed by atoms with Crippen molar-refractivity contribution in [2.75, 3.05) is 39.0 Å². The van der Waals surface area contributed by atoms with E-state index in [0.29, 0.717) is 26.2 Å². The van der Waals surface area contributed by atoms with E-state index in [1.165, 1.54) is 11.4 Å². The number of carbonyl (C=O) groups is 1. The van der Waals surface area contributed by atoms with Gasteiger partial charge in [0, 0.05) is 33.3 Å². The summed E-state index contributed by atoms with van der Waals surface area (Å²) in [6, 6.07) is 9.31. The number of hydrogen-bond acceptors (Lipinski definition) is 4. The average Bonchev–Trinajstić information content (AvgIpc) is 2.56. The van der Waals surface area contributed by atoms with Crippen molar-refractivity contribution in [1.29, 1.82) is 0 Å². The van der Waals surface area contributed by atoms with E-state index in [9.17, 15) is 13.2 Å². The van der Waals surface area contributed by atoms with Gasteiger partial charge in [-0.2, -0.15) is 4.31 Å². The molecule has 0 unspecified atom stereocenters. The standard InChI is InChI=1S/C15H22N2O4S/c1-3-22(19,20)17-11-9-16(10-12-17)15(18)14(21-2)13-7-5-4-6-8-13/h4-8,14H,3,9-12H2,1-2H3/t14-/m0/s1. The van der Waals surface area contributed by atoms with Crippen LogP contribution in [0, 0.1) is 0 Å². The van der Waals surface area contributed by atoms with Gasteiger partial charge >= 0.3 is 0 Å². The van der Waals surface area contributed by atoms with Crippen LogP contribution in [0.1, 0.15) is 18.6 Å². The minimum atomic E-state index is -3.18. The molecule has 1 heterocycles. The van der Waals surface area contributed by atoms with Gasteiger partial charge in [0.1, 0.15) is 0 Å². The quantitative estimate of drug-likeness (QED) is 0.805. The lowest BCUT2D eigenvalue weighted by atomic mass is 10.1. The largest absolute Gasteiger partial charge is 0.367 e. The number of methoxy groups -OCH3 is 1. The fraction of sp³-hybridized carbons (Fsp3) is 0.533. The Morgan fingerprint density at radius 1 is 1.18 bits per heavy atom. The molecule has 1 atom stereocenters. The summed E-state index contributed by atoms with van der Waals surface area (Å²) in [6.45, 7) is 3.10. The van der Waals surface area contributed by atoms with Crippen molar-refractivity contribution in [2.45, 2.75) is 13.0 Å². The van der Waals surface area contributed by atoms with Crippen LogP contribution in [0.3, 0.4) is 0 Å². The lowest BCUT2D eigenvalue weighted by Crippen LogP contribution is -2.52. The molecule has 1 aromatic carbocycles. The lowest BCUT2D eigenvalue weighted by Gasteiger charge is -2.35. The maximum Gasteiger partial charge on any atom is 0.256 e. The smallest absolute Gasteiger partial charge is 0.256 e. The summed E-state index contributed by atoms with van der Waals surface area (Å²) < 4.78 is 30.5. The Morgan fingerprint density at radius 2 is 1.77 bits per heavy atom. The highest BCUT2D eigenvalue weighted by Crippen LogP contribution is 2.20. The van der Waals surface area contributed by atoms with Gasteiger partial charge in [0.25, 0.3) is 5.91 Å². The normalized spacial score (nSPS) is 18.2. The first kappa shape index (κ1) is 16.9. The molecule has 0 saturated carbocycles. The Balaban J connectivity index is 2.03. The molecule has 0 bridgehead atoms. The van der Waals surface area contributed by atoms with Crippen LogP contribution in [0.2, 0.25) is 0 Å². The van der Waals surface area contributed by atoms with Gasteiger partial charge in [0.15, 0.2) is 6.10 Å². The van der Waals surface area contributed by atoms with Crippen LogP contribution in [-0.2, 0) is 19.6 Å². The fourth-order valence-electron chi connectivity index (χ4n) is 2.54. The van der Waals surface area contributed by atoms with Crippen LogP contribution in [0.5, 0.6) is 0 Å². The highest BCUT2D eigenvalue weighted by atomic mass is 32.2. The zero-order valence-electron chi connectivity index (χ0n) is 12.9. The number of amides is 1. The monoisotopic (exact) mass is 326 g/mol. The van der Waals surface area contributed by atoms with Gasteiger partial charge in [-0.15, -0.1) is 0 Å². The van der Waals surface area contributed by atoms with E-state index in [1.54, 1.807) is 11.8 Å². The molecule has 0 N–H and O–H groups in total. The number of sulfonamides is 1. The Bertz CT molecular complexity index is 595. The van der Waals surface area contributed by atoms with Crippen molar-refractivity contribution >= 4 is 15.9 Å². The topological polar surface area (TPSA) is 66.9 Å². The summed E-state index contributed by atoms with van der Waals surface area (Å²) in [4.78, 5) is 14.3. The lowest BCUT2D eigenvalue weighted by molar-refractivity contribution is -0.143. The number of benzene rings is 1. The molecule has 0 aromatic heterocycles. The average molecular weight is 326 g/mol. The van der Waals surface area contributed by atoms with Crippen molar-refractivity contribution < 1.29 is 17.9 Å². The minimum absolute atomic E-state index is 0.0889. The van der Waals surface area contributed by atoms with E-state index >= 15 is 0 Å². The molecule has 22 heavy (non-hydrogen) atoms. The third-order valence-electron chi connectivity index (χ3n) is 3.87. The molecule has 0 spiro atoms. The van der Waals surface area contributed by atoms with E-state index in [-0.39, 0.29) is 11.7 Å². The molecule has 1 fully saturated rings. The second kappa shape index (κ2) is 7.21. The fourth-order valence-corrected chi connectivity index (χ4v) is 3.63. The molecule has 0 radical (unpaired) electrons.